The van der Waals surface area contributed by atoms with Gasteiger partial charge in [0.2, 0.25) is 17.5 Å². The normalized spacial score (nSPS) is 13.2. The van der Waals surface area contributed by atoms with E-state index in [1.165, 1.54) is 4.90 Å². The summed E-state index contributed by atoms with van der Waals surface area (Å²) in [6.07, 6.45) is 6.46. The van der Waals surface area contributed by atoms with Crippen LogP contribution in [0.5, 0.6) is 0 Å². The van der Waals surface area contributed by atoms with E-state index in [4.69, 9.17) is 0 Å². The third kappa shape index (κ3) is 6.46. The molecule has 7 heteroatoms. The topological polar surface area (TPSA) is 73.8 Å². The summed E-state index contributed by atoms with van der Waals surface area (Å²) in [4.78, 5) is 50.5. The predicted molar refractivity (Wildman–Crippen MR) is 142 cm³/mol. The zero-order valence-corrected chi connectivity index (χ0v) is 22.0. The standard InChI is InChI=1S/C29H38N4O3/c1-5-7-18-33(19-8-6-2)21-25(34)32(4)27-26(31(3)20-16-22-13-11-12-17-30-22)28(35)23-14-9-10-15-24(23)29(27)36/h9-15,17H,5-8,16,18-21H2,1-4H3. The Kier molecular flexibility index (Phi) is 9.94. The van der Waals surface area contributed by atoms with Gasteiger partial charge in [-0.1, -0.05) is 57.0 Å². The van der Waals surface area contributed by atoms with E-state index in [1.54, 1.807) is 49.5 Å². The van der Waals surface area contributed by atoms with Crippen LogP contribution in [0.3, 0.4) is 0 Å². The second-order valence-electron chi connectivity index (χ2n) is 9.33. The summed E-state index contributed by atoms with van der Waals surface area (Å²) in [6, 6.07) is 12.6. The Bertz CT molecular complexity index is 1090. The first kappa shape index (κ1) is 27.3. The number of likely N-dealkylation sites (N-methyl/N-ethyl adjacent to an activating group) is 2. The van der Waals surface area contributed by atoms with Crippen molar-refractivity contribution in [2.75, 3.05) is 40.3 Å². The van der Waals surface area contributed by atoms with Gasteiger partial charge in [0.25, 0.3) is 0 Å². The van der Waals surface area contributed by atoms with Crippen LogP contribution in [-0.2, 0) is 11.2 Å². The van der Waals surface area contributed by atoms with Gasteiger partial charge in [-0.25, -0.2) is 0 Å². The molecule has 1 aliphatic carbocycles. The number of hydrogen-bond acceptors (Lipinski definition) is 6. The first-order valence-electron chi connectivity index (χ1n) is 12.9. The van der Waals surface area contributed by atoms with Crippen LogP contribution in [0.4, 0.5) is 0 Å². The minimum Gasteiger partial charge on any atom is -0.369 e. The highest BCUT2D eigenvalue weighted by Crippen LogP contribution is 2.29. The summed E-state index contributed by atoms with van der Waals surface area (Å²) in [5.41, 5.74) is 2.03. The van der Waals surface area contributed by atoms with Crippen LogP contribution in [0.25, 0.3) is 0 Å². The molecule has 1 amide bonds. The van der Waals surface area contributed by atoms with Gasteiger partial charge in [0.05, 0.1) is 6.54 Å². The third-order valence-corrected chi connectivity index (χ3v) is 6.61. The molecule has 2 aromatic rings. The number of carbonyl (C=O) groups excluding carboxylic acids is 3. The molecule has 0 aliphatic heterocycles. The number of amides is 1. The van der Waals surface area contributed by atoms with E-state index in [2.05, 4.69) is 23.7 Å². The molecule has 1 heterocycles. The number of hydrogen-bond donors (Lipinski definition) is 0. The van der Waals surface area contributed by atoms with Crippen LogP contribution in [0, 0.1) is 0 Å². The smallest absolute Gasteiger partial charge is 0.241 e. The molecule has 0 radical (unpaired) electrons. The molecule has 1 aromatic carbocycles. The van der Waals surface area contributed by atoms with E-state index < -0.39 is 0 Å². The zero-order valence-electron chi connectivity index (χ0n) is 22.0. The highest BCUT2D eigenvalue weighted by molar-refractivity contribution is 6.27. The van der Waals surface area contributed by atoms with Crippen LogP contribution in [0.15, 0.2) is 60.1 Å². The van der Waals surface area contributed by atoms with E-state index in [0.717, 1.165) is 44.5 Å². The predicted octanol–water partition coefficient (Wildman–Crippen LogP) is 4.21. The van der Waals surface area contributed by atoms with Gasteiger partial charge in [-0.3, -0.25) is 24.3 Å². The lowest BCUT2D eigenvalue weighted by molar-refractivity contribution is -0.129. The van der Waals surface area contributed by atoms with Crippen LogP contribution in [0.1, 0.15) is 65.9 Å². The van der Waals surface area contributed by atoms with Gasteiger partial charge in [-0.05, 0) is 38.1 Å². The van der Waals surface area contributed by atoms with E-state index >= 15 is 0 Å². The highest BCUT2D eigenvalue weighted by Gasteiger charge is 2.37. The lowest BCUT2D eigenvalue weighted by Gasteiger charge is -2.33. The van der Waals surface area contributed by atoms with Gasteiger partial charge in [-0.2, -0.15) is 0 Å². The van der Waals surface area contributed by atoms with Crippen LogP contribution in [-0.4, -0.2) is 77.4 Å². The minimum atomic E-state index is -0.297. The molecule has 0 saturated carbocycles. The molecule has 192 valence electrons. The van der Waals surface area contributed by atoms with Gasteiger partial charge in [0.1, 0.15) is 11.4 Å². The summed E-state index contributed by atoms with van der Waals surface area (Å²) in [7, 11) is 3.41. The Morgan fingerprint density at radius 1 is 0.806 bits per heavy atom. The fraction of sp³-hybridized carbons (Fsp3) is 0.448. The zero-order chi connectivity index (χ0) is 26.1. The third-order valence-electron chi connectivity index (χ3n) is 6.61. The Hall–Kier alpha value is -3.32. The molecule has 0 atom stereocenters. The number of rotatable bonds is 13. The van der Waals surface area contributed by atoms with Crippen molar-refractivity contribution in [3.05, 3.63) is 76.9 Å². The molecule has 0 unspecified atom stereocenters. The second kappa shape index (κ2) is 13.1. The number of allylic oxidation sites excluding steroid dienone is 2. The summed E-state index contributed by atoms with van der Waals surface area (Å²) in [5.74, 6) is -0.722. The largest absolute Gasteiger partial charge is 0.369 e. The Balaban J connectivity index is 1.92. The SMILES string of the molecule is CCCCN(CCCC)CC(=O)N(C)C1=C(N(C)CCc2ccccn2)C(=O)c2ccccc2C1=O. The number of pyridine rings is 1. The molecule has 0 N–H and O–H groups in total. The Morgan fingerprint density at radius 3 is 1.94 bits per heavy atom. The average Bonchev–Trinajstić information content (AvgIpc) is 2.90. The molecular formula is C29H38N4O3. The lowest BCUT2D eigenvalue weighted by atomic mass is 9.89. The van der Waals surface area contributed by atoms with E-state index in [0.29, 0.717) is 24.1 Å². The van der Waals surface area contributed by atoms with Gasteiger partial charge in [0, 0.05) is 50.1 Å². The fourth-order valence-electron chi connectivity index (χ4n) is 4.41. The fourth-order valence-corrected chi connectivity index (χ4v) is 4.41. The molecule has 0 bridgehead atoms. The van der Waals surface area contributed by atoms with E-state index in [1.807, 2.05) is 18.2 Å². The monoisotopic (exact) mass is 490 g/mol. The van der Waals surface area contributed by atoms with Crippen molar-refractivity contribution in [1.29, 1.82) is 0 Å². The minimum absolute atomic E-state index is 0.151. The number of carbonyl (C=O) groups is 3. The van der Waals surface area contributed by atoms with E-state index in [9.17, 15) is 14.4 Å². The molecular weight excluding hydrogens is 452 g/mol. The number of Topliss-reactive ketones (excluding diaryl/α,β-unsaturated/α-hetero) is 2. The van der Waals surface area contributed by atoms with Crippen LogP contribution in [0.2, 0.25) is 0 Å². The van der Waals surface area contributed by atoms with Crippen molar-refractivity contribution in [2.24, 2.45) is 0 Å². The first-order valence-corrected chi connectivity index (χ1v) is 12.9. The van der Waals surface area contributed by atoms with Gasteiger partial charge < -0.3 is 9.80 Å². The van der Waals surface area contributed by atoms with Crippen molar-refractivity contribution in [3.8, 4) is 0 Å². The summed E-state index contributed by atoms with van der Waals surface area (Å²) < 4.78 is 0. The lowest BCUT2D eigenvalue weighted by Crippen LogP contribution is -2.44. The highest BCUT2D eigenvalue weighted by atomic mass is 16.2. The number of nitrogens with zero attached hydrogens (tertiary/aromatic N) is 4. The molecule has 3 rings (SSSR count). The quantitative estimate of drug-likeness (QED) is 0.419. The molecule has 7 nitrogen and oxygen atoms in total. The van der Waals surface area contributed by atoms with Gasteiger partial charge in [-0.15, -0.1) is 0 Å². The summed E-state index contributed by atoms with van der Waals surface area (Å²) >= 11 is 0. The van der Waals surface area contributed by atoms with Crippen LogP contribution < -0.4 is 0 Å². The number of benzene rings is 1. The maximum Gasteiger partial charge on any atom is 0.241 e. The van der Waals surface area contributed by atoms with Crippen molar-refractivity contribution in [3.63, 3.8) is 0 Å². The van der Waals surface area contributed by atoms with Gasteiger partial charge in [0.15, 0.2) is 0 Å². The first-order chi connectivity index (χ1) is 17.4. The van der Waals surface area contributed by atoms with Crippen molar-refractivity contribution < 1.29 is 14.4 Å². The van der Waals surface area contributed by atoms with E-state index in [-0.39, 0.29) is 35.4 Å². The number of ketones is 2. The number of fused-ring (bicyclic) bond motifs is 1. The summed E-state index contributed by atoms with van der Waals surface area (Å²) in [5, 5.41) is 0. The average molecular weight is 491 g/mol. The van der Waals surface area contributed by atoms with Crippen molar-refractivity contribution in [1.82, 2.24) is 19.7 Å². The molecule has 36 heavy (non-hydrogen) atoms. The number of aromatic nitrogens is 1. The molecule has 1 aromatic heterocycles. The maximum atomic E-state index is 13.7. The maximum absolute atomic E-state index is 13.7. The Morgan fingerprint density at radius 2 is 1.39 bits per heavy atom. The molecule has 0 fully saturated rings. The molecule has 1 aliphatic rings. The second-order valence-corrected chi connectivity index (χ2v) is 9.33. The molecule has 0 saturated heterocycles. The summed E-state index contributed by atoms with van der Waals surface area (Å²) in [6.45, 7) is 6.64. The van der Waals surface area contributed by atoms with Crippen molar-refractivity contribution in [2.45, 2.75) is 46.0 Å². The van der Waals surface area contributed by atoms with Crippen molar-refractivity contribution >= 4 is 17.5 Å². The number of unbranched alkanes of at least 4 members (excludes halogenated alkanes) is 2. The molecule has 0 spiro atoms. The van der Waals surface area contributed by atoms with Crippen LogP contribution >= 0.6 is 0 Å². The Labute approximate surface area is 214 Å². The van der Waals surface area contributed by atoms with Gasteiger partial charge >= 0.3 is 0 Å².